The molecule has 0 amide bonds. The van der Waals surface area contributed by atoms with Crippen molar-refractivity contribution in [1.29, 1.82) is 0 Å². The fraction of sp³-hybridized carbons (Fsp3) is 0.714. The Morgan fingerprint density at radius 2 is 1.73 bits per heavy atom. The van der Waals surface area contributed by atoms with Crippen molar-refractivity contribution in [2.24, 2.45) is 0 Å². The Labute approximate surface area is 131 Å². The number of hydrogen-bond donors (Lipinski definition) is 1. The molecule has 0 spiro atoms. The molecule has 2 N–H and O–H groups in total. The van der Waals surface area contributed by atoms with Gasteiger partial charge in [-0.3, -0.25) is 0 Å². The van der Waals surface area contributed by atoms with Gasteiger partial charge in [0.15, 0.2) is 11.6 Å². The van der Waals surface area contributed by atoms with Crippen LogP contribution in [0.5, 0.6) is 0 Å². The van der Waals surface area contributed by atoms with Crippen molar-refractivity contribution in [3.05, 3.63) is 6.20 Å². The first kappa shape index (κ1) is 15.5. The van der Waals surface area contributed by atoms with E-state index in [0.29, 0.717) is 30.4 Å². The lowest BCUT2D eigenvalue weighted by atomic mass is 9.85. The molecule has 0 aliphatic carbocycles. The monoisotopic (exact) mass is 306 g/mol. The van der Waals surface area contributed by atoms with E-state index in [-0.39, 0.29) is 0 Å². The first-order valence-electron chi connectivity index (χ1n) is 7.61. The molecule has 22 heavy (non-hydrogen) atoms. The van der Waals surface area contributed by atoms with E-state index in [1.165, 1.54) is 0 Å². The molecule has 7 nitrogen and oxygen atoms in total. The van der Waals surface area contributed by atoms with Gasteiger partial charge in [0.2, 0.25) is 0 Å². The molecule has 2 aliphatic heterocycles. The normalized spacial score (nSPS) is 23.8. The number of hydrogen-bond acceptors (Lipinski definition) is 7. The van der Waals surface area contributed by atoms with Gasteiger partial charge >= 0.3 is 7.12 Å². The van der Waals surface area contributed by atoms with Gasteiger partial charge in [0.1, 0.15) is 0 Å². The highest BCUT2D eigenvalue weighted by molar-refractivity contribution is 6.61. The number of anilines is 2. The number of nitrogens with zero attached hydrogens (tertiary/aromatic N) is 3. The van der Waals surface area contributed by atoms with E-state index in [1.54, 1.807) is 6.20 Å². The van der Waals surface area contributed by atoms with Crippen molar-refractivity contribution >= 4 is 24.3 Å². The second-order valence-electron chi connectivity index (χ2n) is 6.69. The molecule has 3 heterocycles. The van der Waals surface area contributed by atoms with Crippen molar-refractivity contribution in [2.75, 3.05) is 36.9 Å². The van der Waals surface area contributed by atoms with Crippen LogP contribution >= 0.6 is 0 Å². The largest absolute Gasteiger partial charge is 0.516 e. The van der Waals surface area contributed by atoms with E-state index in [0.717, 1.165) is 13.1 Å². The highest BCUT2D eigenvalue weighted by atomic mass is 16.7. The zero-order valence-corrected chi connectivity index (χ0v) is 13.6. The Morgan fingerprint density at radius 3 is 2.32 bits per heavy atom. The molecule has 0 atom stereocenters. The number of aromatic nitrogens is 2. The van der Waals surface area contributed by atoms with Crippen molar-refractivity contribution in [3.63, 3.8) is 0 Å². The summed E-state index contributed by atoms with van der Waals surface area (Å²) in [4.78, 5) is 11.0. The number of rotatable bonds is 2. The van der Waals surface area contributed by atoms with Gasteiger partial charge < -0.3 is 24.7 Å². The second kappa shape index (κ2) is 5.36. The van der Waals surface area contributed by atoms with Crippen LogP contribution in [0.3, 0.4) is 0 Å². The number of nitrogen functional groups attached to an aromatic ring is 1. The van der Waals surface area contributed by atoms with Gasteiger partial charge in [0.25, 0.3) is 0 Å². The molecule has 1 aromatic heterocycles. The molecule has 3 rings (SSSR count). The van der Waals surface area contributed by atoms with Crippen LogP contribution in [0.1, 0.15) is 27.7 Å². The van der Waals surface area contributed by atoms with Crippen LogP contribution in [0, 0.1) is 0 Å². The summed E-state index contributed by atoms with van der Waals surface area (Å²) in [6.07, 6.45) is 1.63. The smallest absolute Gasteiger partial charge is 0.398 e. The van der Waals surface area contributed by atoms with E-state index >= 15 is 0 Å². The lowest BCUT2D eigenvalue weighted by Gasteiger charge is -2.32. The average molecular weight is 306 g/mol. The van der Waals surface area contributed by atoms with Crippen LogP contribution in [-0.2, 0) is 14.0 Å². The molecule has 2 saturated heterocycles. The number of ether oxygens (including phenoxy) is 1. The molecular formula is C14H23BN4O3. The number of morpholine rings is 1. The molecule has 1 aromatic rings. The second-order valence-corrected chi connectivity index (χ2v) is 6.69. The van der Waals surface area contributed by atoms with Crippen LogP contribution in [0.4, 0.5) is 11.6 Å². The summed E-state index contributed by atoms with van der Waals surface area (Å²) in [5.74, 6) is 1.10. The van der Waals surface area contributed by atoms with Gasteiger partial charge in [0.05, 0.1) is 30.0 Å². The molecule has 2 fully saturated rings. The molecule has 0 radical (unpaired) electrons. The van der Waals surface area contributed by atoms with E-state index in [1.807, 2.05) is 27.7 Å². The highest BCUT2D eigenvalue weighted by Gasteiger charge is 2.52. The summed E-state index contributed by atoms with van der Waals surface area (Å²) in [7, 11) is -0.530. The van der Waals surface area contributed by atoms with Gasteiger partial charge in [-0.2, -0.15) is 0 Å². The fourth-order valence-corrected chi connectivity index (χ4v) is 2.49. The number of nitrogens with two attached hydrogens (primary N) is 1. The maximum Gasteiger partial charge on any atom is 0.516 e. The van der Waals surface area contributed by atoms with Gasteiger partial charge in [0, 0.05) is 19.3 Å². The predicted molar refractivity (Wildman–Crippen MR) is 85.2 cm³/mol. The predicted octanol–water partition coefficient (Wildman–Crippen LogP) is 0.195. The zero-order valence-electron chi connectivity index (χ0n) is 13.6. The lowest BCUT2D eigenvalue weighted by molar-refractivity contribution is 0.00578. The van der Waals surface area contributed by atoms with Crippen LogP contribution in [0.15, 0.2) is 6.20 Å². The Morgan fingerprint density at radius 1 is 1.14 bits per heavy atom. The standard InChI is InChI=1S/C14H23BN4O3/c1-13(2)14(3,4)22-15(21-13)10-9-17-11(16)12(18-10)19-5-7-20-8-6-19/h9H,5-8H2,1-4H3,(H2,16,17). The zero-order chi connectivity index (χ0) is 16.0. The van der Waals surface area contributed by atoms with E-state index < -0.39 is 18.3 Å². The molecule has 0 bridgehead atoms. The lowest BCUT2D eigenvalue weighted by Crippen LogP contribution is -2.41. The molecule has 8 heteroatoms. The molecule has 0 aromatic carbocycles. The van der Waals surface area contributed by atoms with Gasteiger partial charge in [-0.15, -0.1) is 0 Å². The van der Waals surface area contributed by atoms with Crippen LogP contribution in [0.2, 0.25) is 0 Å². The summed E-state index contributed by atoms with van der Waals surface area (Å²) in [6, 6.07) is 0. The summed E-state index contributed by atoms with van der Waals surface area (Å²) in [6.45, 7) is 10.9. The minimum absolute atomic E-state index is 0.403. The average Bonchev–Trinajstić information content (AvgIpc) is 2.69. The Bertz CT molecular complexity index is 545. The van der Waals surface area contributed by atoms with Crippen LogP contribution in [-0.4, -0.2) is 54.6 Å². The van der Waals surface area contributed by atoms with E-state index in [9.17, 15) is 0 Å². The summed E-state index contributed by atoms with van der Waals surface area (Å²) in [5.41, 5.74) is 5.83. The maximum atomic E-state index is 6.02. The third-order valence-electron chi connectivity index (χ3n) is 4.61. The van der Waals surface area contributed by atoms with E-state index in [2.05, 4.69) is 14.9 Å². The molecule has 120 valence electrons. The topological polar surface area (TPSA) is 82.7 Å². The SMILES string of the molecule is CC1(C)OB(c2cnc(N)c(N3CCOCC3)n2)OC1(C)C. The Kier molecular flexibility index (Phi) is 3.78. The third-order valence-corrected chi connectivity index (χ3v) is 4.61. The van der Waals surface area contributed by atoms with Gasteiger partial charge in [-0.05, 0) is 27.7 Å². The minimum Gasteiger partial charge on any atom is -0.398 e. The maximum absolute atomic E-state index is 6.02. The summed E-state index contributed by atoms with van der Waals surface area (Å²) >= 11 is 0. The van der Waals surface area contributed by atoms with Crippen molar-refractivity contribution in [1.82, 2.24) is 9.97 Å². The summed E-state index contributed by atoms with van der Waals surface area (Å²) < 4.78 is 17.4. The third kappa shape index (κ3) is 2.66. The van der Waals surface area contributed by atoms with E-state index in [4.69, 9.17) is 19.8 Å². The first-order chi connectivity index (χ1) is 10.3. The van der Waals surface area contributed by atoms with Crippen molar-refractivity contribution in [3.8, 4) is 0 Å². The van der Waals surface area contributed by atoms with Crippen LogP contribution in [0.25, 0.3) is 0 Å². The van der Waals surface area contributed by atoms with Crippen LogP contribution < -0.4 is 16.2 Å². The quantitative estimate of drug-likeness (QED) is 0.781. The highest BCUT2D eigenvalue weighted by Crippen LogP contribution is 2.36. The van der Waals surface area contributed by atoms with Gasteiger partial charge in [-0.1, -0.05) is 0 Å². The molecule has 0 saturated carbocycles. The molecular weight excluding hydrogens is 283 g/mol. The Balaban J connectivity index is 1.87. The molecule has 2 aliphatic rings. The fourth-order valence-electron chi connectivity index (χ4n) is 2.49. The van der Waals surface area contributed by atoms with Gasteiger partial charge in [-0.25, -0.2) is 9.97 Å². The minimum atomic E-state index is -0.530. The van der Waals surface area contributed by atoms with Crippen molar-refractivity contribution < 1.29 is 14.0 Å². The Hall–Kier alpha value is -1.38. The summed E-state index contributed by atoms with van der Waals surface area (Å²) in [5, 5.41) is 0. The first-order valence-corrected chi connectivity index (χ1v) is 7.61. The van der Waals surface area contributed by atoms with Crippen molar-refractivity contribution in [2.45, 2.75) is 38.9 Å². The molecule has 0 unspecified atom stereocenters.